The summed E-state index contributed by atoms with van der Waals surface area (Å²) in [6.45, 7) is 1.74. The maximum atomic E-state index is 14.3. The molecule has 1 N–H and O–H groups in total. The maximum absolute atomic E-state index is 14.3. The Morgan fingerprint density at radius 1 is 0.837 bits per heavy atom. The number of amides is 2. The van der Waals surface area contributed by atoms with Crippen molar-refractivity contribution in [1.29, 1.82) is 0 Å². The van der Waals surface area contributed by atoms with Crippen molar-refractivity contribution in [1.82, 2.24) is 10.2 Å². The molecule has 4 aromatic rings. The molecule has 0 radical (unpaired) electrons. The van der Waals surface area contributed by atoms with Gasteiger partial charge in [-0.05, 0) is 66.1 Å². The molecule has 43 heavy (non-hydrogen) atoms. The standard InChI is InChI=1S/C33H33ClFN3O4S/c1-2-21-36-33(40)31(22-25-9-5-3-6-10-25)37(23-26-13-15-27(34)16-14-26)32(39)24-38(29-19-17-28(35)18-20-29)43(41,42)30-11-7-4-8-12-30/h3-20,31H,2,21-24H2,1H3,(H,36,40). The highest BCUT2D eigenvalue weighted by Gasteiger charge is 2.34. The minimum absolute atomic E-state index is 0.0235. The Kier molecular flexibility index (Phi) is 10.9. The number of sulfonamides is 1. The summed E-state index contributed by atoms with van der Waals surface area (Å²) in [4.78, 5) is 29.3. The van der Waals surface area contributed by atoms with Crippen molar-refractivity contribution < 1.29 is 22.4 Å². The van der Waals surface area contributed by atoms with Crippen LogP contribution in [0.4, 0.5) is 10.1 Å². The van der Waals surface area contributed by atoms with Gasteiger partial charge in [-0.3, -0.25) is 13.9 Å². The summed E-state index contributed by atoms with van der Waals surface area (Å²) in [5.74, 6) is -1.51. The van der Waals surface area contributed by atoms with Crippen molar-refractivity contribution >= 4 is 39.1 Å². The van der Waals surface area contributed by atoms with E-state index < -0.39 is 34.3 Å². The number of hydrogen-bond donors (Lipinski definition) is 1. The van der Waals surface area contributed by atoms with Crippen LogP contribution in [0.25, 0.3) is 0 Å². The monoisotopic (exact) mass is 621 g/mol. The summed E-state index contributed by atoms with van der Waals surface area (Å²) in [5.41, 5.74) is 1.65. The van der Waals surface area contributed by atoms with Crippen molar-refractivity contribution in [2.75, 3.05) is 17.4 Å². The highest BCUT2D eigenvalue weighted by atomic mass is 35.5. The lowest BCUT2D eigenvalue weighted by molar-refractivity contribution is -0.140. The van der Waals surface area contributed by atoms with Crippen LogP contribution in [0.2, 0.25) is 5.02 Å². The number of benzene rings is 4. The van der Waals surface area contributed by atoms with E-state index in [9.17, 15) is 22.4 Å². The molecule has 2 amide bonds. The molecule has 0 aliphatic heterocycles. The molecule has 0 fully saturated rings. The van der Waals surface area contributed by atoms with Crippen LogP contribution in [0, 0.1) is 5.82 Å². The zero-order valence-corrected chi connectivity index (χ0v) is 25.3. The van der Waals surface area contributed by atoms with Gasteiger partial charge in [-0.25, -0.2) is 12.8 Å². The average molecular weight is 622 g/mol. The predicted molar refractivity (Wildman–Crippen MR) is 167 cm³/mol. The number of carbonyl (C=O) groups excluding carboxylic acids is 2. The van der Waals surface area contributed by atoms with E-state index in [2.05, 4.69) is 5.32 Å². The number of anilines is 1. The maximum Gasteiger partial charge on any atom is 0.264 e. The lowest BCUT2D eigenvalue weighted by Gasteiger charge is -2.34. The first-order valence-electron chi connectivity index (χ1n) is 13.9. The molecule has 0 heterocycles. The third-order valence-electron chi connectivity index (χ3n) is 6.81. The van der Waals surface area contributed by atoms with Gasteiger partial charge in [0.1, 0.15) is 18.4 Å². The summed E-state index contributed by atoms with van der Waals surface area (Å²) < 4.78 is 42.5. The first kappa shape index (κ1) is 31.7. The van der Waals surface area contributed by atoms with E-state index in [0.717, 1.165) is 22.0 Å². The number of nitrogens with one attached hydrogen (secondary N) is 1. The van der Waals surface area contributed by atoms with Gasteiger partial charge in [0.25, 0.3) is 10.0 Å². The van der Waals surface area contributed by atoms with E-state index in [1.165, 1.54) is 29.2 Å². The lowest BCUT2D eigenvalue weighted by Crippen LogP contribution is -2.53. The van der Waals surface area contributed by atoms with Crippen LogP contribution in [0.15, 0.2) is 114 Å². The van der Waals surface area contributed by atoms with Crippen molar-refractivity contribution in [3.8, 4) is 0 Å². The second kappa shape index (κ2) is 14.8. The molecular formula is C33H33ClFN3O4S. The van der Waals surface area contributed by atoms with E-state index in [1.807, 2.05) is 37.3 Å². The van der Waals surface area contributed by atoms with E-state index in [1.54, 1.807) is 42.5 Å². The molecule has 0 saturated carbocycles. The molecule has 10 heteroatoms. The number of carbonyl (C=O) groups is 2. The minimum Gasteiger partial charge on any atom is -0.354 e. The van der Waals surface area contributed by atoms with Crippen molar-refractivity contribution in [2.24, 2.45) is 0 Å². The molecule has 224 valence electrons. The molecular weight excluding hydrogens is 589 g/mol. The Bertz CT molecular complexity index is 1600. The van der Waals surface area contributed by atoms with Gasteiger partial charge in [0, 0.05) is 24.5 Å². The molecule has 4 rings (SSSR count). The number of rotatable bonds is 13. The lowest BCUT2D eigenvalue weighted by atomic mass is 10.0. The first-order chi connectivity index (χ1) is 20.7. The summed E-state index contributed by atoms with van der Waals surface area (Å²) in [6, 6.07) is 27.8. The fraction of sp³-hybridized carbons (Fsp3) is 0.212. The molecule has 0 aliphatic carbocycles. The zero-order valence-electron chi connectivity index (χ0n) is 23.7. The van der Waals surface area contributed by atoms with Crippen LogP contribution in [0.3, 0.4) is 0 Å². The van der Waals surface area contributed by atoms with Gasteiger partial charge in [-0.2, -0.15) is 0 Å². The second-order valence-electron chi connectivity index (χ2n) is 9.95. The largest absolute Gasteiger partial charge is 0.354 e. The highest BCUT2D eigenvalue weighted by molar-refractivity contribution is 7.92. The normalized spacial score (nSPS) is 11.9. The molecule has 4 aromatic carbocycles. The van der Waals surface area contributed by atoms with Gasteiger partial charge >= 0.3 is 0 Å². The summed E-state index contributed by atoms with van der Waals surface area (Å²) >= 11 is 6.10. The Balaban J connectivity index is 1.78. The molecule has 0 spiro atoms. The van der Waals surface area contributed by atoms with Crippen LogP contribution in [0.5, 0.6) is 0 Å². The van der Waals surface area contributed by atoms with Gasteiger partial charge in [-0.15, -0.1) is 0 Å². The van der Waals surface area contributed by atoms with Crippen molar-refractivity contribution in [3.63, 3.8) is 0 Å². The Hall–Kier alpha value is -4.21. The Labute approximate surface area is 257 Å². The van der Waals surface area contributed by atoms with Gasteiger partial charge in [-0.1, -0.05) is 79.2 Å². The molecule has 1 atom stereocenters. The van der Waals surface area contributed by atoms with E-state index in [0.29, 0.717) is 23.6 Å². The average Bonchev–Trinajstić information content (AvgIpc) is 3.02. The molecule has 0 aromatic heterocycles. The minimum atomic E-state index is -4.25. The Morgan fingerprint density at radius 3 is 2.05 bits per heavy atom. The SMILES string of the molecule is CCCNC(=O)C(Cc1ccccc1)N(Cc1ccc(Cl)cc1)C(=O)CN(c1ccc(F)cc1)S(=O)(=O)c1ccccc1. The molecule has 0 aliphatic rings. The van der Waals surface area contributed by atoms with Crippen molar-refractivity contribution in [2.45, 2.75) is 37.2 Å². The van der Waals surface area contributed by atoms with Gasteiger partial charge in [0.15, 0.2) is 0 Å². The number of hydrogen-bond acceptors (Lipinski definition) is 4. The Morgan fingerprint density at radius 2 is 1.44 bits per heavy atom. The van der Waals surface area contributed by atoms with Crippen LogP contribution >= 0.6 is 11.6 Å². The zero-order chi connectivity index (χ0) is 30.8. The topological polar surface area (TPSA) is 86.8 Å². The van der Waals surface area contributed by atoms with E-state index in [-0.39, 0.29) is 29.5 Å². The van der Waals surface area contributed by atoms with Gasteiger partial charge in [0.2, 0.25) is 11.8 Å². The number of halogens is 2. The van der Waals surface area contributed by atoms with Crippen molar-refractivity contribution in [3.05, 3.63) is 131 Å². The fourth-order valence-electron chi connectivity index (χ4n) is 4.56. The van der Waals surface area contributed by atoms with E-state index in [4.69, 9.17) is 11.6 Å². The predicted octanol–water partition coefficient (Wildman–Crippen LogP) is 5.84. The van der Waals surface area contributed by atoms with E-state index >= 15 is 0 Å². The fourth-order valence-corrected chi connectivity index (χ4v) is 6.12. The number of nitrogens with zero attached hydrogens (tertiary/aromatic N) is 2. The molecule has 0 bridgehead atoms. The van der Waals surface area contributed by atoms with Crippen LogP contribution < -0.4 is 9.62 Å². The van der Waals surface area contributed by atoms with Gasteiger partial charge < -0.3 is 10.2 Å². The van der Waals surface area contributed by atoms with Crippen LogP contribution in [-0.4, -0.2) is 44.3 Å². The smallest absolute Gasteiger partial charge is 0.264 e. The van der Waals surface area contributed by atoms with Gasteiger partial charge in [0.05, 0.1) is 10.6 Å². The molecule has 7 nitrogen and oxygen atoms in total. The van der Waals surface area contributed by atoms with Crippen LogP contribution in [-0.2, 0) is 32.6 Å². The highest BCUT2D eigenvalue weighted by Crippen LogP contribution is 2.25. The first-order valence-corrected chi connectivity index (χ1v) is 15.7. The quantitative estimate of drug-likeness (QED) is 0.203. The second-order valence-corrected chi connectivity index (χ2v) is 12.2. The summed E-state index contributed by atoms with van der Waals surface area (Å²) in [7, 11) is -4.25. The third-order valence-corrected chi connectivity index (χ3v) is 8.85. The summed E-state index contributed by atoms with van der Waals surface area (Å²) in [5, 5.41) is 3.42. The third kappa shape index (κ3) is 8.43. The molecule has 0 saturated heterocycles. The summed E-state index contributed by atoms with van der Waals surface area (Å²) in [6.07, 6.45) is 0.903. The van der Waals surface area contributed by atoms with Crippen LogP contribution in [0.1, 0.15) is 24.5 Å². The molecule has 1 unspecified atom stereocenters.